The van der Waals surface area contributed by atoms with Gasteiger partial charge in [0.1, 0.15) is 23.5 Å². The highest BCUT2D eigenvalue weighted by molar-refractivity contribution is 7.52. The molecule has 1 saturated heterocycles. The molecule has 1 aromatic carbocycles. The van der Waals surface area contributed by atoms with Gasteiger partial charge in [0.2, 0.25) is 5.28 Å². The van der Waals surface area contributed by atoms with E-state index in [1.165, 1.54) is 24.7 Å². The number of fused-ring (bicyclic) bond motifs is 1. The molecule has 1 aliphatic rings. The van der Waals surface area contributed by atoms with E-state index >= 15 is 4.39 Å². The lowest BCUT2D eigenvalue weighted by molar-refractivity contribution is -0.149. The Hall–Kier alpha value is -2.87. The summed E-state index contributed by atoms with van der Waals surface area (Å²) in [5.41, 5.74) is -1.22. The van der Waals surface area contributed by atoms with Crippen LogP contribution >= 0.6 is 19.3 Å². The smallest absolute Gasteiger partial charge is 0.459 e. The number of carbonyl (C=O) groups is 1. The summed E-state index contributed by atoms with van der Waals surface area (Å²) in [5.74, 6) is -0.177. The number of anilines is 1. The quantitative estimate of drug-likeness (QED) is 0.167. The van der Waals surface area contributed by atoms with Crippen LogP contribution in [0, 0.1) is 0 Å². The lowest BCUT2D eigenvalue weighted by Crippen LogP contribution is -2.44. The number of hydrogen-bond donors (Lipinski definition) is 3. The first kappa shape index (κ1) is 30.1. The Morgan fingerprint density at radius 2 is 2.00 bits per heavy atom. The number of ether oxygens (including phenoxy) is 2. The molecule has 0 bridgehead atoms. The molecule has 40 heavy (non-hydrogen) atoms. The number of imidazole rings is 1. The third kappa shape index (κ3) is 6.37. The van der Waals surface area contributed by atoms with Crippen LogP contribution in [0.5, 0.6) is 5.75 Å². The Morgan fingerprint density at radius 3 is 2.65 bits per heavy atom. The molecule has 0 aliphatic carbocycles. The Balaban J connectivity index is 1.57. The van der Waals surface area contributed by atoms with Gasteiger partial charge in [-0.05, 0) is 51.4 Å². The molecule has 1 aliphatic heterocycles. The molecular formula is C24H31ClFN6O7P. The zero-order valence-corrected chi connectivity index (χ0v) is 24.1. The number of nitrogens with one attached hydrogen (secondary N) is 2. The molecule has 218 valence electrons. The van der Waals surface area contributed by atoms with Gasteiger partial charge < -0.3 is 24.4 Å². The molecule has 3 heterocycles. The third-order valence-electron chi connectivity index (χ3n) is 6.04. The van der Waals surface area contributed by atoms with Crippen LogP contribution in [0.4, 0.5) is 10.2 Å². The second kappa shape index (κ2) is 11.9. The van der Waals surface area contributed by atoms with Crippen molar-refractivity contribution in [3.63, 3.8) is 0 Å². The summed E-state index contributed by atoms with van der Waals surface area (Å²) in [4.78, 5) is 24.8. The molecule has 4 rings (SSSR count). The largest absolute Gasteiger partial charge is 0.462 e. The number of hydrogen-bond acceptors (Lipinski definition) is 11. The van der Waals surface area contributed by atoms with Gasteiger partial charge in [0, 0.05) is 7.05 Å². The number of rotatable bonds is 11. The van der Waals surface area contributed by atoms with E-state index in [2.05, 4.69) is 25.4 Å². The van der Waals surface area contributed by atoms with E-state index < -0.39 is 56.6 Å². The van der Waals surface area contributed by atoms with Crippen molar-refractivity contribution < 1.29 is 37.4 Å². The number of carbonyl (C=O) groups excluding carboxylic acids is 1. The first-order valence-electron chi connectivity index (χ1n) is 12.4. The number of para-hydroxylation sites is 1. The van der Waals surface area contributed by atoms with Crippen LogP contribution < -0.4 is 14.9 Å². The summed E-state index contributed by atoms with van der Waals surface area (Å²) in [5, 5.41) is 16.1. The van der Waals surface area contributed by atoms with E-state index in [-0.39, 0.29) is 16.7 Å². The van der Waals surface area contributed by atoms with Crippen molar-refractivity contribution in [3.8, 4) is 5.75 Å². The summed E-state index contributed by atoms with van der Waals surface area (Å²) in [6.07, 6.45) is -4.17. The predicted molar refractivity (Wildman–Crippen MR) is 144 cm³/mol. The summed E-state index contributed by atoms with van der Waals surface area (Å²) in [6, 6.07) is 7.04. The third-order valence-corrected chi connectivity index (χ3v) is 7.83. The number of halogens is 2. The molecule has 0 amide bonds. The minimum Gasteiger partial charge on any atom is -0.462 e. The van der Waals surface area contributed by atoms with Crippen molar-refractivity contribution >= 4 is 42.3 Å². The molecule has 3 N–H and O–H groups in total. The maximum Gasteiger partial charge on any atom is 0.459 e. The fourth-order valence-electron chi connectivity index (χ4n) is 4.03. The van der Waals surface area contributed by atoms with E-state index in [9.17, 15) is 14.5 Å². The summed E-state index contributed by atoms with van der Waals surface area (Å²) >= 11 is 6.02. The van der Waals surface area contributed by atoms with E-state index in [1.54, 1.807) is 51.2 Å². The highest BCUT2D eigenvalue weighted by Gasteiger charge is 2.55. The first-order valence-corrected chi connectivity index (χ1v) is 14.3. The van der Waals surface area contributed by atoms with E-state index in [4.69, 9.17) is 30.1 Å². The summed E-state index contributed by atoms with van der Waals surface area (Å²) in [6.45, 7) is 5.59. The number of esters is 1. The zero-order valence-electron chi connectivity index (χ0n) is 22.4. The van der Waals surface area contributed by atoms with Gasteiger partial charge in [0.25, 0.3) is 0 Å². The Kier molecular flexibility index (Phi) is 8.98. The highest BCUT2D eigenvalue weighted by atomic mass is 35.5. The van der Waals surface area contributed by atoms with Gasteiger partial charge in [0.15, 0.2) is 29.4 Å². The van der Waals surface area contributed by atoms with Crippen molar-refractivity contribution in [1.29, 1.82) is 0 Å². The normalized spacial score (nSPS) is 25.1. The second-order valence-electron chi connectivity index (χ2n) is 9.64. The number of nitrogens with zero attached hydrogens (tertiary/aromatic N) is 4. The molecule has 6 atom stereocenters. The zero-order chi connectivity index (χ0) is 29.2. The lowest BCUT2D eigenvalue weighted by atomic mass is 9.99. The number of aliphatic hydroxyl groups is 1. The predicted octanol–water partition coefficient (Wildman–Crippen LogP) is 3.64. The van der Waals surface area contributed by atoms with Crippen LogP contribution in [0.1, 0.15) is 33.9 Å². The van der Waals surface area contributed by atoms with Gasteiger partial charge in [-0.25, -0.2) is 13.9 Å². The number of alkyl halides is 1. The molecule has 1 fully saturated rings. The standard InChI is InChI=1S/C24H31ClFN6O7P/c1-13(2)37-22(34)14(3)31-40(35,39-15-9-7-6-8-10-15)36-11-24(4)18(33)16(26)21(38-24)32-12-28-17-19(27-5)29-23(25)30-20(17)32/h6-10,12-14,16,18,21,33H,11H2,1-5H3,(H,31,35)(H,27,29,30)/t14-,16+,18-,21+,24+,40-/m0/s1. The van der Waals surface area contributed by atoms with Gasteiger partial charge in [-0.3, -0.25) is 13.9 Å². The first-order chi connectivity index (χ1) is 18.9. The number of benzene rings is 1. The fourth-order valence-corrected chi connectivity index (χ4v) is 5.78. The van der Waals surface area contributed by atoms with Crippen LogP contribution in [0.25, 0.3) is 11.2 Å². The minimum absolute atomic E-state index is 0.103. The monoisotopic (exact) mass is 600 g/mol. The van der Waals surface area contributed by atoms with Crippen molar-refractivity contribution in [1.82, 2.24) is 24.6 Å². The van der Waals surface area contributed by atoms with Gasteiger partial charge in [-0.1, -0.05) is 18.2 Å². The van der Waals surface area contributed by atoms with Crippen LogP contribution in [0.15, 0.2) is 36.7 Å². The summed E-state index contributed by atoms with van der Waals surface area (Å²) in [7, 11) is -2.68. The molecule has 3 aromatic rings. The molecule has 16 heteroatoms. The lowest BCUT2D eigenvalue weighted by Gasteiger charge is -2.30. The maximum atomic E-state index is 15.5. The Bertz CT molecular complexity index is 1400. The molecule has 0 spiro atoms. The molecule has 0 radical (unpaired) electrons. The SMILES string of the molecule is CNc1nc(Cl)nc2c1ncn2[C@@H]1O[C@](C)(CO[P@@](=O)(N[C@@H](C)C(=O)OC(C)C)Oc2ccccc2)[C@@H](O)[C@H]1F. The summed E-state index contributed by atoms with van der Waals surface area (Å²) < 4.78 is 53.0. The molecule has 0 saturated carbocycles. The van der Waals surface area contributed by atoms with Gasteiger partial charge in [-0.15, -0.1) is 0 Å². The van der Waals surface area contributed by atoms with Crippen LogP contribution in [0.2, 0.25) is 5.28 Å². The average molecular weight is 601 g/mol. The molecule has 0 unspecified atom stereocenters. The maximum absolute atomic E-state index is 15.5. The van der Waals surface area contributed by atoms with Crippen molar-refractivity contribution in [2.45, 2.75) is 63.9 Å². The second-order valence-corrected chi connectivity index (χ2v) is 11.7. The van der Waals surface area contributed by atoms with E-state index in [0.717, 1.165) is 0 Å². The van der Waals surface area contributed by atoms with Crippen LogP contribution in [0.3, 0.4) is 0 Å². The van der Waals surface area contributed by atoms with Crippen molar-refractivity contribution in [3.05, 3.63) is 41.9 Å². The van der Waals surface area contributed by atoms with Gasteiger partial charge >= 0.3 is 13.7 Å². The molecule has 13 nitrogen and oxygen atoms in total. The Labute approximate surface area is 234 Å². The van der Waals surface area contributed by atoms with Crippen molar-refractivity contribution in [2.24, 2.45) is 0 Å². The average Bonchev–Trinajstić information content (AvgIpc) is 3.41. The number of aromatic nitrogens is 4. The topological polar surface area (TPSA) is 159 Å². The van der Waals surface area contributed by atoms with Gasteiger partial charge in [-0.2, -0.15) is 15.1 Å². The fraction of sp³-hybridized carbons (Fsp3) is 0.500. The molecular weight excluding hydrogens is 570 g/mol. The van der Waals surface area contributed by atoms with E-state index in [1.807, 2.05) is 0 Å². The van der Waals surface area contributed by atoms with Crippen LogP contribution in [-0.4, -0.2) is 74.3 Å². The molecule has 2 aromatic heterocycles. The highest BCUT2D eigenvalue weighted by Crippen LogP contribution is 2.48. The van der Waals surface area contributed by atoms with Gasteiger partial charge in [0.05, 0.1) is 19.0 Å². The Morgan fingerprint density at radius 1 is 1.30 bits per heavy atom. The van der Waals surface area contributed by atoms with E-state index in [0.29, 0.717) is 11.3 Å². The number of aliphatic hydroxyl groups excluding tert-OH is 1. The van der Waals surface area contributed by atoms with Crippen LogP contribution in [-0.2, 0) is 23.4 Å². The van der Waals surface area contributed by atoms with Crippen molar-refractivity contribution in [2.75, 3.05) is 19.0 Å². The minimum atomic E-state index is -4.30.